The van der Waals surface area contributed by atoms with E-state index < -0.39 is 0 Å². The zero-order valence-electron chi connectivity index (χ0n) is 16.6. The van der Waals surface area contributed by atoms with Gasteiger partial charge in [-0.2, -0.15) is 0 Å². The number of rotatable bonds is 3. The summed E-state index contributed by atoms with van der Waals surface area (Å²) in [4.78, 5) is 29.3. The Morgan fingerprint density at radius 1 is 0.828 bits per heavy atom. The molecule has 4 rings (SSSR count). The van der Waals surface area contributed by atoms with E-state index in [9.17, 15) is 9.59 Å². The van der Waals surface area contributed by atoms with E-state index in [4.69, 9.17) is 0 Å². The number of carbonyl (C=O) groups is 2. The summed E-state index contributed by atoms with van der Waals surface area (Å²) in [5.41, 5.74) is 1.91. The molecule has 2 N–H and O–H groups in total. The van der Waals surface area contributed by atoms with Crippen molar-refractivity contribution in [3.63, 3.8) is 0 Å². The van der Waals surface area contributed by atoms with Crippen LogP contribution in [0.4, 0.5) is 15.3 Å². The van der Waals surface area contributed by atoms with Crippen molar-refractivity contribution in [2.45, 2.75) is 31.8 Å². The standard InChI is InChI=1S/C23H28N4O2/c28-22(24-17-18-7-3-1-4-8-18)27-16-12-19-11-14-26(15-13-21(19)27)23(29)25-20-9-5-2-6-10-20/h1-10,19,21H,11-17H2,(H,24,28)(H,25,29)/t19-,21+/m0/s1. The van der Waals surface area contributed by atoms with E-state index in [1.54, 1.807) is 0 Å². The maximum atomic E-state index is 12.8. The SMILES string of the molecule is O=C(Nc1ccccc1)N1CC[C@H]2CCN(C(=O)NCc3ccccc3)[C@@H]2CC1. The number of likely N-dealkylation sites (tertiary alicyclic amines) is 2. The highest BCUT2D eigenvalue weighted by molar-refractivity contribution is 5.89. The molecule has 2 fully saturated rings. The molecule has 0 spiro atoms. The lowest BCUT2D eigenvalue weighted by Crippen LogP contribution is -2.44. The van der Waals surface area contributed by atoms with Crippen LogP contribution in [0.5, 0.6) is 0 Å². The molecule has 0 aliphatic carbocycles. The summed E-state index contributed by atoms with van der Waals surface area (Å²) in [6.45, 7) is 2.74. The van der Waals surface area contributed by atoms with E-state index in [-0.39, 0.29) is 18.1 Å². The summed E-state index contributed by atoms with van der Waals surface area (Å²) in [6, 6.07) is 19.7. The molecule has 2 heterocycles. The largest absolute Gasteiger partial charge is 0.334 e. The molecule has 4 amide bonds. The zero-order chi connectivity index (χ0) is 20.1. The van der Waals surface area contributed by atoms with Crippen LogP contribution in [0.2, 0.25) is 0 Å². The minimum atomic E-state index is -0.0590. The van der Waals surface area contributed by atoms with Gasteiger partial charge < -0.3 is 20.4 Å². The molecule has 0 saturated carbocycles. The Hall–Kier alpha value is -3.02. The fraction of sp³-hybridized carbons (Fsp3) is 0.391. The van der Waals surface area contributed by atoms with Crippen molar-refractivity contribution >= 4 is 17.7 Å². The van der Waals surface area contributed by atoms with Crippen molar-refractivity contribution in [1.82, 2.24) is 15.1 Å². The van der Waals surface area contributed by atoms with E-state index >= 15 is 0 Å². The maximum absolute atomic E-state index is 12.8. The number of carbonyl (C=O) groups excluding carboxylic acids is 2. The Bertz CT molecular complexity index is 827. The Balaban J connectivity index is 1.32. The highest BCUT2D eigenvalue weighted by atomic mass is 16.2. The van der Waals surface area contributed by atoms with E-state index in [2.05, 4.69) is 10.6 Å². The summed E-state index contributed by atoms with van der Waals surface area (Å²) in [5, 5.41) is 6.03. The van der Waals surface area contributed by atoms with Crippen LogP contribution in [0.15, 0.2) is 60.7 Å². The first-order valence-corrected chi connectivity index (χ1v) is 10.4. The first-order valence-electron chi connectivity index (χ1n) is 10.4. The molecule has 29 heavy (non-hydrogen) atoms. The van der Waals surface area contributed by atoms with Gasteiger partial charge in [0, 0.05) is 37.9 Å². The zero-order valence-corrected chi connectivity index (χ0v) is 16.6. The van der Waals surface area contributed by atoms with Crippen LogP contribution in [-0.2, 0) is 6.54 Å². The third-order valence-electron chi connectivity index (χ3n) is 6.01. The molecule has 2 aliphatic heterocycles. The molecule has 0 unspecified atom stereocenters. The molecule has 152 valence electrons. The Morgan fingerprint density at radius 2 is 1.48 bits per heavy atom. The second-order valence-corrected chi connectivity index (χ2v) is 7.81. The van der Waals surface area contributed by atoms with Crippen LogP contribution < -0.4 is 10.6 Å². The van der Waals surface area contributed by atoms with Crippen molar-refractivity contribution in [2.75, 3.05) is 25.0 Å². The van der Waals surface area contributed by atoms with Crippen molar-refractivity contribution in [1.29, 1.82) is 0 Å². The summed E-state index contributed by atoms with van der Waals surface area (Å²) in [7, 11) is 0. The highest BCUT2D eigenvalue weighted by Crippen LogP contribution is 2.32. The van der Waals surface area contributed by atoms with Crippen LogP contribution in [0.1, 0.15) is 24.8 Å². The molecule has 6 nitrogen and oxygen atoms in total. The van der Waals surface area contributed by atoms with Gasteiger partial charge in [0.25, 0.3) is 0 Å². The first kappa shape index (κ1) is 19.3. The van der Waals surface area contributed by atoms with Gasteiger partial charge in [-0.1, -0.05) is 48.5 Å². The summed E-state index contributed by atoms with van der Waals surface area (Å²) >= 11 is 0. The van der Waals surface area contributed by atoms with Crippen LogP contribution in [0.3, 0.4) is 0 Å². The molecular formula is C23H28N4O2. The van der Waals surface area contributed by atoms with E-state index in [1.165, 1.54) is 0 Å². The Morgan fingerprint density at radius 3 is 2.24 bits per heavy atom. The van der Waals surface area contributed by atoms with E-state index in [0.717, 1.165) is 43.6 Å². The van der Waals surface area contributed by atoms with Crippen LogP contribution in [0.25, 0.3) is 0 Å². The van der Waals surface area contributed by atoms with Crippen molar-refractivity contribution in [3.05, 3.63) is 66.2 Å². The second-order valence-electron chi connectivity index (χ2n) is 7.81. The molecule has 6 heteroatoms. The fourth-order valence-electron chi connectivity index (χ4n) is 4.42. The van der Waals surface area contributed by atoms with Gasteiger partial charge in [0.2, 0.25) is 0 Å². The number of nitrogens with one attached hydrogen (secondary N) is 2. The van der Waals surface area contributed by atoms with E-state index in [1.807, 2.05) is 70.5 Å². The lowest BCUT2D eigenvalue weighted by atomic mass is 9.96. The van der Waals surface area contributed by atoms with Crippen molar-refractivity contribution in [2.24, 2.45) is 5.92 Å². The molecule has 0 bridgehead atoms. The van der Waals surface area contributed by atoms with Gasteiger partial charge in [0.15, 0.2) is 0 Å². The number of urea groups is 2. The molecule has 0 aromatic heterocycles. The molecule has 0 radical (unpaired) electrons. The van der Waals surface area contributed by atoms with Gasteiger partial charge >= 0.3 is 12.1 Å². The molecule has 2 saturated heterocycles. The number of amides is 4. The van der Waals surface area contributed by atoms with Crippen molar-refractivity contribution in [3.8, 4) is 0 Å². The third-order valence-corrected chi connectivity index (χ3v) is 6.01. The predicted octanol–water partition coefficient (Wildman–Crippen LogP) is 3.91. The van der Waals surface area contributed by atoms with Gasteiger partial charge in [-0.15, -0.1) is 0 Å². The lowest BCUT2D eigenvalue weighted by Gasteiger charge is -2.27. The molecule has 2 aliphatic rings. The molecule has 2 aromatic carbocycles. The van der Waals surface area contributed by atoms with Crippen LogP contribution in [0, 0.1) is 5.92 Å². The number of fused-ring (bicyclic) bond motifs is 1. The van der Waals surface area contributed by atoms with Gasteiger partial charge in [0.1, 0.15) is 0 Å². The predicted molar refractivity (Wildman–Crippen MR) is 114 cm³/mol. The Labute approximate surface area is 171 Å². The number of hydrogen-bond acceptors (Lipinski definition) is 2. The quantitative estimate of drug-likeness (QED) is 0.832. The monoisotopic (exact) mass is 392 g/mol. The summed E-state index contributed by atoms with van der Waals surface area (Å²) in [6.07, 6.45) is 2.78. The molecule has 2 atom stereocenters. The van der Waals surface area contributed by atoms with Crippen LogP contribution >= 0.6 is 0 Å². The van der Waals surface area contributed by atoms with Gasteiger partial charge in [-0.3, -0.25) is 0 Å². The third kappa shape index (κ3) is 4.70. The lowest BCUT2D eigenvalue weighted by molar-refractivity contribution is 0.181. The van der Waals surface area contributed by atoms with Gasteiger partial charge in [0.05, 0.1) is 0 Å². The smallest absolute Gasteiger partial charge is 0.321 e. The average Bonchev–Trinajstić information content (AvgIpc) is 3.04. The van der Waals surface area contributed by atoms with E-state index in [0.29, 0.717) is 19.0 Å². The van der Waals surface area contributed by atoms with Gasteiger partial charge in [-0.25, -0.2) is 9.59 Å². The number of benzene rings is 2. The normalized spacial score (nSPS) is 21.2. The molecular weight excluding hydrogens is 364 g/mol. The van der Waals surface area contributed by atoms with Crippen LogP contribution in [-0.4, -0.2) is 47.5 Å². The number of hydrogen-bond donors (Lipinski definition) is 2. The minimum absolute atomic E-state index is 0.00328. The number of para-hydroxylation sites is 1. The first-order chi connectivity index (χ1) is 14.2. The second kappa shape index (κ2) is 8.99. The number of nitrogens with zero attached hydrogens (tertiary/aromatic N) is 2. The highest BCUT2D eigenvalue weighted by Gasteiger charge is 2.39. The summed E-state index contributed by atoms with van der Waals surface area (Å²) in [5.74, 6) is 0.465. The number of anilines is 1. The van der Waals surface area contributed by atoms with Crippen molar-refractivity contribution < 1.29 is 9.59 Å². The average molecular weight is 393 g/mol. The minimum Gasteiger partial charge on any atom is -0.334 e. The fourth-order valence-corrected chi connectivity index (χ4v) is 4.42. The van der Waals surface area contributed by atoms with Gasteiger partial charge in [-0.05, 0) is 42.9 Å². The molecule has 2 aromatic rings. The Kier molecular flexibility index (Phi) is 5.98. The topological polar surface area (TPSA) is 64.7 Å². The summed E-state index contributed by atoms with van der Waals surface area (Å²) < 4.78 is 0. The maximum Gasteiger partial charge on any atom is 0.321 e.